The van der Waals surface area contributed by atoms with Crippen LogP contribution in [0.25, 0.3) is 0 Å². The predicted octanol–water partition coefficient (Wildman–Crippen LogP) is 0.770. The number of para-hydroxylation sites is 1. The van der Waals surface area contributed by atoms with E-state index in [4.69, 9.17) is 15.6 Å². The third-order valence-electron chi connectivity index (χ3n) is 2.07. The molecule has 0 spiro atoms. The third-order valence-corrected chi connectivity index (χ3v) is 2.76. The van der Waals surface area contributed by atoms with Crippen molar-refractivity contribution in [3.8, 4) is 0 Å². The number of nitrogen functional groups attached to an aromatic ring is 1. The molecule has 5 nitrogen and oxygen atoms in total. The lowest BCUT2D eigenvalue weighted by molar-refractivity contribution is 0.0838. The average Bonchev–Trinajstić information content (AvgIpc) is 2.32. The predicted molar refractivity (Wildman–Crippen MR) is 68.8 cm³/mol. The van der Waals surface area contributed by atoms with Crippen LogP contribution in [0.15, 0.2) is 22.7 Å². The highest BCUT2D eigenvalue weighted by Crippen LogP contribution is 2.22. The number of benzene rings is 1. The second kappa shape index (κ2) is 7.26. The topological polar surface area (TPSA) is 84.6 Å². The fourth-order valence-corrected chi connectivity index (χ4v) is 1.60. The van der Waals surface area contributed by atoms with Crippen molar-refractivity contribution in [2.75, 3.05) is 32.1 Å². The molecule has 0 aliphatic rings. The van der Waals surface area contributed by atoms with E-state index in [1.54, 1.807) is 18.2 Å². The summed E-state index contributed by atoms with van der Waals surface area (Å²) in [7, 11) is 0. The van der Waals surface area contributed by atoms with Crippen LogP contribution in [-0.4, -0.2) is 37.4 Å². The van der Waals surface area contributed by atoms with Gasteiger partial charge in [-0.05, 0) is 28.1 Å². The zero-order valence-electron chi connectivity index (χ0n) is 9.28. The molecular formula is C11H15BrN2O3. The lowest BCUT2D eigenvalue weighted by Gasteiger charge is -2.08. The number of hydrogen-bond acceptors (Lipinski definition) is 4. The maximum atomic E-state index is 11.7. The smallest absolute Gasteiger partial charge is 0.253 e. The lowest BCUT2D eigenvalue weighted by atomic mass is 10.1. The quantitative estimate of drug-likeness (QED) is 0.535. The van der Waals surface area contributed by atoms with Crippen LogP contribution in [-0.2, 0) is 4.74 Å². The van der Waals surface area contributed by atoms with E-state index >= 15 is 0 Å². The van der Waals surface area contributed by atoms with Gasteiger partial charge in [-0.25, -0.2) is 0 Å². The number of nitrogens with one attached hydrogen (secondary N) is 1. The van der Waals surface area contributed by atoms with E-state index in [2.05, 4.69) is 21.2 Å². The summed E-state index contributed by atoms with van der Waals surface area (Å²) in [5.74, 6) is -0.239. The summed E-state index contributed by atoms with van der Waals surface area (Å²) < 4.78 is 5.71. The molecule has 0 heterocycles. The molecule has 0 radical (unpaired) electrons. The van der Waals surface area contributed by atoms with Crippen molar-refractivity contribution in [3.05, 3.63) is 28.2 Å². The third kappa shape index (κ3) is 4.33. The molecule has 1 amide bonds. The van der Waals surface area contributed by atoms with Gasteiger partial charge >= 0.3 is 0 Å². The summed E-state index contributed by atoms with van der Waals surface area (Å²) in [4.78, 5) is 11.7. The van der Waals surface area contributed by atoms with Crippen LogP contribution in [0.1, 0.15) is 10.4 Å². The second-order valence-corrected chi connectivity index (χ2v) is 4.15. The molecule has 0 saturated heterocycles. The fourth-order valence-electron chi connectivity index (χ4n) is 1.23. The van der Waals surface area contributed by atoms with Crippen molar-refractivity contribution in [2.24, 2.45) is 0 Å². The molecule has 0 aromatic heterocycles. The SMILES string of the molecule is Nc1c(Br)cccc1C(=O)NCCOCCO. The number of nitrogens with two attached hydrogens (primary N) is 1. The Bertz CT molecular complexity index is 385. The maximum absolute atomic E-state index is 11.7. The van der Waals surface area contributed by atoms with Crippen LogP contribution in [0.3, 0.4) is 0 Å². The number of aliphatic hydroxyl groups excluding tert-OH is 1. The summed E-state index contributed by atoms with van der Waals surface area (Å²) in [5.41, 5.74) is 6.61. The Morgan fingerprint density at radius 2 is 2.24 bits per heavy atom. The minimum absolute atomic E-state index is 0.0213. The van der Waals surface area contributed by atoms with Gasteiger partial charge in [-0.1, -0.05) is 6.07 Å². The van der Waals surface area contributed by atoms with Crippen LogP contribution in [0.4, 0.5) is 5.69 Å². The molecule has 4 N–H and O–H groups in total. The van der Waals surface area contributed by atoms with Crippen molar-refractivity contribution in [1.82, 2.24) is 5.32 Å². The zero-order valence-corrected chi connectivity index (χ0v) is 10.9. The molecule has 0 bridgehead atoms. The summed E-state index contributed by atoms with van der Waals surface area (Å²) in [6.07, 6.45) is 0. The number of ether oxygens (including phenoxy) is 1. The highest BCUT2D eigenvalue weighted by molar-refractivity contribution is 9.10. The van der Waals surface area contributed by atoms with Crippen LogP contribution < -0.4 is 11.1 Å². The molecular weight excluding hydrogens is 288 g/mol. The van der Waals surface area contributed by atoms with Gasteiger partial charge in [0.05, 0.1) is 31.1 Å². The molecule has 1 aromatic rings. The molecule has 1 rings (SSSR count). The standard InChI is InChI=1S/C11H15BrN2O3/c12-9-3-1-2-8(10(9)13)11(16)14-4-6-17-7-5-15/h1-3,15H,4-7,13H2,(H,14,16). The minimum atomic E-state index is -0.239. The molecule has 94 valence electrons. The number of carbonyl (C=O) groups is 1. The minimum Gasteiger partial charge on any atom is -0.397 e. The molecule has 17 heavy (non-hydrogen) atoms. The zero-order chi connectivity index (χ0) is 12.7. The number of carbonyl (C=O) groups excluding carboxylic acids is 1. The van der Waals surface area contributed by atoms with E-state index in [1.807, 2.05) is 0 Å². The lowest BCUT2D eigenvalue weighted by Crippen LogP contribution is -2.28. The van der Waals surface area contributed by atoms with Gasteiger partial charge in [0, 0.05) is 11.0 Å². The summed E-state index contributed by atoms with van der Waals surface area (Å²) in [6, 6.07) is 5.18. The Labute approximate surface area is 108 Å². The van der Waals surface area contributed by atoms with Gasteiger partial charge in [-0.15, -0.1) is 0 Å². The molecule has 0 atom stereocenters. The van der Waals surface area contributed by atoms with E-state index in [0.717, 1.165) is 0 Å². The highest BCUT2D eigenvalue weighted by Gasteiger charge is 2.10. The fraction of sp³-hybridized carbons (Fsp3) is 0.364. The van der Waals surface area contributed by atoms with Gasteiger partial charge in [0.15, 0.2) is 0 Å². The first-order chi connectivity index (χ1) is 8.16. The number of rotatable bonds is 6. The number of anilines is 1. The van der Waals surface area contributed by atoms with E-state index in [9.17, 15) is 4.79 Å². The normalized spacial score (nSPS) is 10.2. The first kappa shape index (κ1) is 14.0. The Morgan fingerprint density at radius 1 is 1.47 bits per heavy atom. The number of halogens is 1. The monoisotopic (exact) mass is 302 g/mol. The van der Waals surface area contributed by atoms with E-state index < -0.39 is 0 Å². The average molecular weight is 303 g/mol. The van der Waals surface area contributed by atoms with Crippen LogP contribution in [0.5, 0.6) is 0 Å². The highest BCUT2D eigenvalue weighted by atomic mass is 79.9. The Kier molecular flexibility index (Phi) is 5.96. The van der Waals surface area contributed by atoms with E-state index in [-0.39, 0.29) is 19.1 Å². The van der Waals surface area contributed by atoms with Crippen molar-refractivity contribution in [2.45, 2.75) is 0 Å². The first-order valence-corrected chi connectivity index (χ1v) is 5.97. The van der Waals surface area contributed by atoms with Crippen LogP contribution in [0.2, 0.25) is 0 Å². The van der Waals surface area contributed by atoms with Crippen molar-refractivity contribution in [3.63, 3.8) is 0 Å². The van der Waals surface area contributed by atoms with Gasteiger partial charge in [-0.3, -0.25) is 4.79 Å². The van der Waals surface area contributed by atoms with Gasteiger partial charge < -0.3 is 20.9 Å². The Morgan fingerprint density at radius 3 is 2.94 bits per heavy atom. The molecule has 0 saturated carbocycles. The maximum Gasteiger partial charge on any atom is 0.253 e. The number of amides is 1. The van der Waals surface area contributed by atoms with Gasteiger partial charge in [0.25, 0.3) is 5.91 Å². The second-order valence-electron chi connectivity index (χ2n) is 3.29. The van der Waals surface area contributed by atoms with Crippen LogP contribution >= 0.6 is 15.9 Å². The molecule has 1 aromatic carbocycles. The summed E-state index contributed by atoms with van der Waals surface area (Å²) >= 11 is 3.26. The van der Waals surface area contributed by atoms with Gasteiger partial charge in [0.1, 0.15) is 0 Å². The van der Waals surface area contributed by atoms with Crippen molar-refractivity contribution < 1.29 is 14.6 Å². The molecule has 0 aliphatic heterocycles. The summed E-state index contributed by atoms with van der Waals surface area (Å²) in [6.45, 7) is 0.992. The van der Waals surface area contributed by atoms with Crippen LogP contribution in [0, 0.1) is 0 Å². The largest absolute Gasteiger partial charge is 0.397 e. The van der Waals surface area contributed by atoms with E-state index in [0.29, 0.717) is 28.9 Å². The Balaban J connectivity index is 2.44. The van der Waals surface area contributed by atoms with Crippen molar-refractivity contribution >= 4 is 27.5 Å². The van der Waals surface area contributed by atoms with Crippen molar-refractivity contribution in [1.29, 1.82) is 0 Å². The first-order valence-electron chi connectivity index (χ1n) is 5.17. The Hall–Kier alpha value is -1.11. The summed E-state index contributed by atoms with van der Waals surface area (Å²) in [5, 5.41) is 11.2. The number of aliphatic hydroxyl groups is 1. The van der Waals surface area contributed by atoms with Gasteiger partial charge in [0.2, 0.25) is 0 Å². The molecule has 0 fully saturated rings. The molecule has 0 unspecified atom stereocenters. The number of hydrogen-bond donors (Lipinski definition) is 3. The van der Waals surface area contributed by atoms with E-state index in [1.165, 1.54) is 0 Å². The van der Waals surface area contributed by atoms with Gasteiger partial charge in [-0.2, -0.15) is 0 Å². The molecule has 6 heteroatoms. The molecule has 0 aliphatic carbocycles.